The standard InChI is InChI=1S/C18H27N3O6.C2H6/c1-3-20(10-16(22)23)9-15(21(11-17(24)25)12-18(26)27)8-13-4-6-14(19-2)7-5-13;1-2/h4-7,15,19H,3,8-12H2,1-2H3,(H,22,23)(H,24,25)(H,26,27);1-2H3. The van der Waals surface area contributed by atoms with Gasteiger partial charge in [-0.15, -0.1) is 0 Å². The van der Waals surface area contributed by atoms with Crippen molar-refractivity contribution < 1.29 is 29.7 Å². The second kappa shape index (κ2) is 14.4. The SMILES string of the molecule is CC.CCN(CC(=O)O)CC(Cc1ccc(NC)cc1)N(CC(=O)O)CC(=O)O. The highest BCUT2D eigenvalue weighted by Crippen LogP contribution is 2.14. The predicted octanol–water partition coefficient (Wildman–Crippen LogP) is 1.54. The van der Waals surface area contributed by atoms with Crippen LogP contribution in [-0.2, 0) is 20.8 Å². The molecule has 4 N–H and O–H groups in total. The van der Waals surface area contributed by atoms with Crippen molar-refractivity contribution in [3.63, 3.8) is 0 Å². The third-order valence-electron chi connectivity index (χ3n) is 4.18. The highest BCUT2D eigenvalue weighted by Gasteiger charge is 2.26. The second-order valence-electron chi connectivity index (χ2n) is 6.22. The molecule has 9 heteroatoms. The number of likely N-dealkylation sites (N-methyl/N-ethyl adjacent to an activating group) is 1. The molecule has 9 nitrogen and oxygen atoms in total. The summed E-state index contributed by atoms with van der Waals surface area (Å²) in [6, 6.07) is 7.05. The minimum absolute atomic E-state index is 0.195. The highest BCUT2D eigenvalue weighted by molar-refractivity contribution is 5.72. The lowest BCUT2D eigenvalue weighted by Gasteiger charge is -2.33. The number of carboxylic acids is 3. The zero-order valence-corrected chi connectivity index (χ0v) is 17.6. The molecule has 0 aliphatic carbocycles. The normalized spacial score (nSPS) is 11.5. The highest BCUT2D eigenvalue weighted by atomic mass is 16.4. The Kier molecular flexibility index (Phi) is 13.0. The molecule has 0 aromatic heterocycles. The zero-order valence-electron chi connectivity index (χ0n) is 17.6. The molecule has 0 bridgehead atoms. The summed E-state index contributed by atoms with van der Waals surface area (Å²) in [4.78, 5) is 36.5. The minimum atomic E-state index is -1.13. The topological polar surface area (TPSA) is 130 Å². The van der Waals surface area contributed by atoms with E-state index < -0.39 is 37.0 Å². The average molecular weight is 411 g/mol. The Morgan fingerprint density at radius 2 is 1.41 bits per heavy atom. The van der Waals surface area contributed by atoms with Crippen LogP contribution >= 0.6 is 0 Å². The number of nitrogens with zero attached hydrogens (tertiary/aromatic N) is 2. The molecule has 1 aromatic carbocycles. The number of hydrogen-bond acceptors (Lipinski definition) is 6. The van der Waals surface area contributed by atoms with Crippen molar-refractivity contribution >= 4 is 23.6 Å². The summed E-state index contributed by atoms with van der Waals surface area (Å²) in [5.41, 5.74) is 1.83. The number of carboxylic acid groups (broad SMARTS) is 3. The molecule has 164 valence electrons. The molecule has 0 aliphatic rings. The molecule has 1 aromatic rings. The van der Waals surface area contributed by atoms with Crippen LogP contribution < -0.4 is 5.32 Å². The van der Waals surface area contributed by atoms with E-state index in [1.54, 1.807) is 18.9 Å². The Morgan fingerprint density at radius 3 is 1.79 bits per heavy atom. The molecule has 0 saturated carbocycles. The summed E-state index contributed by atoms with van der Waals surface area (Å²) in [6.07, 6.45) is 0.403. The van der Waals surface area contributed by atoms with Crippen molar-refractivity contribution in [1.82, 2.24) is 9.80 Å². The minimum Gasteiger partial charge on any atom is -0.480 e. The quantitative estimate of drug-likeness (QED) is 0.382. The molecule has 0 heterocycles. The average Bonchev–Trinajstić information content (AvgIpc) is 2.67. The predicted molar refractivity (Wildman–Crippen MR) is 111 cm³/mol. The first-order valence-corrected chi connectivity index (χ1v) is 9.63. The Morgan fingerprint density at radius 1 is 0.931 bits per heavy atom. The van der Waals surface area contributed by atoms with Gasteiger partial charge in [0.2, 0.25) is 0 Å². The number of anilines is 1. The molecule has 0 spiro atoms. The van der Waals surface area contributed by atoms with Gasteiger partial charge in [-0.05, 0) is 30.7 Å². The molecule has 0 saturated heterocycles. The van der Waals surface area contributed by atoms with Crippen molar-refractivity contribution in [3.8, 4) is 0 Å². The zero-order chi connectivity index (χ0) is 22.4. The molecule has 0 fully saturated rings. The Labute approximate surface area is 171 Å². The van der Waals surface area contributed by atoms with Gasteiger partial charge in [0.25, 0.3) is 0 Å². The first kappa shape index (κ1) is 26.4. The lowest BCUT2D eigenvalue weighted by Crippen LogP contribution is -2.50. The van der Waals surface area contributed by atoms with Crippen LogP contribution in [0.3, 0.4) is 0 Å². The van der Waals surface area contributed by atoms with Gasteiger partial charge < -0.3 is 20.6 Å². The van der Waals surface area contributed by atoms with Crippen molar-refractivity contribution in [2.24, 2.45) is 0 Å². The van der Waals surface area contributed by atoms with Gasteiger partial charge in [0.15, 0.2) is 0 Å². The van der Waals surface area contributed by atoms with Crippen LogP contribution in [0, 0.1) is 0 Å². The number of hydrogen-bond donors (Lipinski definition) is 4. The molecular formula is C20H33N3O6. The third-order valence-corrected chi connectivity index (χ3v) is 4.18. The number of carbonyl (C=O) groups is 3. The molecule has 0 amide bonds. The molecule has 1 unspecified atom stereocenters. The van der Waals surface area contributed by atoms with Crippen LogP contribution in [0.4, 0.5) is 5.69 Å². The van der Waals surface area contributed by atoms with Gasteiger partial charge in [0.1, 0.15) is 0 Å². The van der Waals surface area contributed by atoms with Crippen molar-refractivity contribution in [2.45, 2.75) is 33.2 Å². The lowest BCUT2D eigenvalue weighted by atomic mass is 10.0. The maximum absolute atomic E-state index is 11.2. The van der Waals surface area contributed by atoms with Crippen molar-refractivity contribution in [3.05, 3.63) is 29.8 Å². The van der Waals surface area contributed by atoms with E-state index in [1.165, 1.54) is 4.90 Å². The van der Waals surface area contributed by atoms with Crippen LogP contribution in [0.15, 0.2) is 24.3 Å². The molecule has 0 radical (unpaired) electrons. The van der Waals surface area contributed by atoms with Gasteiger partial charge in [-0.1, -0.05) is 32.9 Å². The second-order valence-corrected chi connectivity index (χ2v) is 6.22. The van der Waals surface area contributed by atoms with Crippen molar-refractivity contribution in [2.75, 3.05) is 45.1 Å². The molecule has 1 rings (SSSR count). The van der Waals surface area contributed by atoms with Crippen LogP contribution in [0.1, 0.15) is 26.3 Å². The van der Waals surface area contributed by atoms with Crippen LogP contribution in [0.2, 0.25) is 0 Å². The molecule has 0 aliphatic heterocycles. The van der Waals surface area contributed by atoms with Gasteiger partial charge in [0.05, 0.1) is 19.6 Å². The fourth-order valence-electron chi connectivity index (χ4n) is 2.85. The smallest absolute Gasteiger partial charge is 0.317 e. The van der Waals surface area contributed by atoms with E-state index in [9.17, 15) is 14.4 Å². The van der Waals surface area contributed by atoms with E-state index in [1.807, 2.05) is 38.1 Å². The van der Waals surface area contributed by atoms with Gasteiger partial charge in [-0.25, -0.2) is 0 Å². The summed E-state index contributed by atoms with van der Waals surface area (Å²) in [5, 5.41) is 30.4. The van der Waals surface area contributed by atoms with Gasteiger partial charge in [0, 0.05) is 25.3 Å². The number of nitrogens with one attached hydrogen (secondary N) is 1. The fourth-order valence-corrected chi connectivity index (χ4v) is 2.85. The molecular weight excluding hydrogens is 378 g/mol. The molecule has 1 atom stereocenters. The largest absolute Gasteiger partial charge is 0.480 e. The Bertz CT molecular complexity index is 620. The third kappa shape index (κ3) is 11.1. The Hall–Kier alpha value is -2.65. The van der Waals surface area contributed by atoms with E-state index in [2.05, 4.69) is 5.32 Å². The van der Waals surface area contributed by atoms with Crippen LogP contribution in [0.5, 0.6) is 0 Å². The Balaban J connectivity index is 0.00000379. The van der Waals surface area contributed by atoms with E-state index in [0.29, 0.717) is 13.0 Å². The summed E-state index contributed by atoms with van der Waals surface area (Å²) in [6.45, 7) is 5.44. The number of benzene rings is 1. The van der Waals surface area contributed by atoms with Crippen LogP contribution in [0.25, 0.3) is 0 Å². The van der Waals surface area contributed by atoms with E-state index >= 15 is 0 Å². The lowest BCUT2D eigenvalue weighted by molar-refractivity contribution is -0.144. The van der Waals surface area contributed by atoms with Gasteiger partial charge >= 0.3 is 17.9 Å². The monoisotopic (exact) mass is 411 g/mol. The van der Waals surface area contributed by atoms with Gasteiger partial charge in [-0.3, -0.25) is 24.2 Å². The van der Waals surface area contributed by atoms with Crippen molar-refractivity contribution in [1.29, 1.82) is 0 Å². The maximum atomic E-state index is 11.2. The summed E-state index contributed by atoms with van der Waals surface area (Å²) in [7, 11) is 1.80. The van der Waals surface area contributed by atoms with Gasteiger partial charge in [-0.2, -0.15) is 0 Å². The summed E-state index contributed by atoms with van der Waals surface area (Å²) in [5.74, 6) is -3.25. The van der Waals surface area contributed by atoms with E-state index in [-0.39, 0.29) is 13.1 Å². The fraction of sp³-hybridized carbons (Fsp3) is 0.550. The van der Waals surface area contributed by atoms with Crippen LogP contribution in [-0.4, -0.2) is 88.8 Å². The maximum Gasteiger partial charge on any atom is 0.317 e. The molecule has 29 heavy (non-hydrogen) atoms. The number of aliphatic carboxylic acids is 3. The first-order chi connectivity index (χ1) is 13.7. The number of rotatable bonds is 13. The summed E-state index contributed by atoms with van der Waals surface area (Å²) < 4.78 is 0. The van der Waals surface area contributed by atoms with E-state index in [0.717, 1.165) is 11.3 Å². The first-order valence-electron chi connectivity index (χ1n) is 9.63. The summed E-state index contributed by atoms with van der Waals surface area (Å²) >= 11 is 0. The van der Waals surface area contributed by atoms with E-state index in [4.69, 9.17) is 15.3 Å².